The van der Waals surface area contributed by atoms with Crippen LogP contribution in [0.4, 0.5) is 26.3 Å². The van der Waals surface area contributed by atoms with Crippen LogP contribution in [0.2, 0.25) is 0 Å². The molecule has 8 aromatic carbocycles. The van der Waals surface area contributed by atoms with Crippen molar-refractivity contribution in [2.45, 2.75) is 332 Å². The van der Waals surface area contributed by atoms with E-state index in [-0.39, 0.29) is 23.7 Å². The number of benzene rings is 8. The van der Waals surface area contributed by atoms with Crippen LogP contribution >= 0.6 is 0 Å². The third kappa shape index (κ3) is 32.8. The first-order chi connectivity index (χ1) is 48.3. The van der Waals surface area contributed by atoms with Gasteiger partial charge in [-0.25, -0.2) is 0 Å². The van der Waals surface area contributed by atoms with Gasteiger partial charge < -0.3 is 0 Å². The van der Waals surface area contributed by atoms with Gasteiger partial charge in [0.15, 0.2) is 0 Å². The summed E-state index contributed by atoms with van der Waals surface area (Å²) in [7, 11) is 0. The summed E-state index contributed by atoms with van der Waals surface area (Å²) < 4.78 is 77.2. The van der Waals surface area contributed by atoms with E-state index in [9.17, 15) is 26.3 Å². The molecule has 0 spiro atoms. The van der Waals surface area contributed by atoms with Crippen LogP contribution in [0.3, 0.4) is 0 Å². The quantitative estimate of drug-likeness (QED) is 0.133. The van der Waals surface area contributed by atoms with Crippen LogP contribution in [-0.2, 0) is 36.5 Å². The van der Waals surface area contributed by atoms with Crippen LogP contribution in [0.5, 0.6) is 0 Å². The number of halogens is 6. The summed E-state index contributed by atoms with van der Waals surface area (Å²) in [6.07, 6.45) is -5.95. The van der Waals surface area contributed by atoms with Gasteiger partial charge in [-0.3, -0.25) is 0 Å². The Morgan fingerprint density at radius 1 is 0.271 bits per heavy atom. The molecule has 8 rings (SSSR count). The van der Waals surface area contributed by atoms with Crippen molar-refractivity contribution in [1.82, 2.24) is 0 Å². The third-order valence-electron chi connectivity index (χ3n) is 21.6. The molecular formula is C101H148F6. The average molecular weight is 1480 g/mol. The van der Waals surface area contributed by atoms with Crippen LogP contribution in [0.25, 0.3) is 0 Å². The van der Waals surface area contributed by atoms with Gasteiger partial charge in [-0.05, 0) is 374 Å². The predicted octanol–water partition coefficient (Wildman–Crippen LogP) is 31.4. The van der Waals surface area contributed by atoms with E-state index < -0.39 is 23.2 Å². The molecule has 594 valence electrons. The Labute approximate surface area is 652 Å². The van der Waals surface area contributed by atoms with E-state index >= 15 is 0 Å². The molecular weight excluding hydrogens is 1330 g/mol. The van der Waals surface area contributed by atoms with Gasteiger partial charge in [0.2, 0.25) is 0 Å². The molecule has 0 radical (unpaired) electrons. The number of aryl methyl sites for hydroxylation is 16. The van der Waals surface area contributed by atoms with Gasteiger partial charge in [-0.1, -0.05) is 232 Å². The van der Waals surface area contributed by atoms with E-state index in [4.69, 9.17) is 0 Å². The maximum atomic E-state index is 12.9. The largest absolute Gasteiger partial charge is 0.394 e. The fraction of sp³-hybridized carbons (Fsp3) is 0.525. The molecule has 0 aliphatic carbocycles. The summed E-state index contributed by atoms with van der Waals surface area (Å²) >= 11 is 0. The first-order valence-electron chi connectivity index (χ1n) is 39.0. The maximum Gasteiger partial charge on any atom is 0.394 e. The van der Waals surface area contributed by atoms with Crippen molar-refractivity contribution in [3.63, 3.8) is 0 Å². The summed E-state index contributed by atoms with van der Waals surface area (Å²) in [5, 5.41) is 0. The lowest BCUT2D eigenvalue weighted by Gasteiger charge is -2.29. The molecule has 0 fully saturated rings. The Hall–Kier alpha value is -6.66. The second-order valence-corrected chi connectivity index (χ2v) is 36.9. The van der Waals surface area contributed by atoms with Crippen molar-refractivity contribution in [2.75, 3.05) is 0 Å². The van der Waals surface area contributed by atoms with Crippen molar-refractivity contribution in [2.24, 2.45) is 22.2 Å². The molecule has 8 aromatic rings. The summed E-state index contributed by atoms with van der Waals surface area (Å²) in [5.41, 5.74) is 36.9. The first-order valence-corrected chi connectivity index (χ1v) is 39.0. The Morgan fingerprint density at radius 2 is 0.551 bits per heavy atom. The molecule has 6 heteroatoms. The zero-order valence-corrected chi connectivity index (χ0v) is 75.1. The molecule has 0 atom stereocenters. The van der Waals surface area contributed by atoms with Gasteiger partial charge in [-0.15, -0.1) is 0 Å². The van der Waals surface area contributed by atoms with Gasteiger partial charge in [0, 0.05) is 0 Å². The highest BCUT2D eigenvalue weighted by Crippen LogP contribution is 2.42. The number of alkyl halides is 6. The molecule has 0 aromatic heterocycles. The van der Waals surface area contributed by atoms with E-state index in [2.05, 4.69) is 300 Å². The summed E-state index contributed by atoms with van der Waals surface area (Å²) in [5.74, 6) is 1.39. The molecule has 0 aliphatic heterocycles. The molecule has 107 heavy (non-hydrogen) atoms. The van der Waals surface area contributed by atoms with Gasteiger partial charge in [-0.2, -0.15) is 26.3 Å². The number of hydrogen-bond acceptors (Lipinski definition) is 0. The lowest BCUT2D eigenvalue weighted by molar-refractivity contribution is -0.211. The fourth-order valence-electron chi connectivity index (χ4n) is 12.6. The number of rotatable bonds is 8. The highest BCUT2D eigenvalue weighted by atomic mass is 19.4. The number of hydrogen-bond donors (Lipinski definition) is 0. The molecule has 0 N–H and O–H groups in total. The van der Waals surface area contributed by atoms with Gasteiger partial charge in [0.1, 0.15) is 0 Å². The van der Waals surface area contributed by atoms with Crippen LogP contribution in [-0.4, -0.2) is 12.4 Å². The third-order valence-corrected chi connectivity index (χ3v) is 21.6. The molecule has 0 unspecified atom stereocenters. The highest BCUT2D eigenvalue weighted by Gasteiger charge is 2.48. The Kier molecular flexibility index (Phi) is 37.6. The van der Waals surface area contributed by atoms with E-state index in [1.54, 1.807) is 6.07 Å². The van der Waals surface area contributed by atoms with Crippen molar-refractivity contribution >= 4 is 0 Å². The Morgan fingerprint density at radius 3 is 0.832 bits per heavy atom. The van der Waals surface area contributed by atoms with Crippen molar-refractivity contribution < 1.29 is 26.3 Å². The Balaban J connectivity index is 0.000000617. The van der Waals surface area contributed by atoms with Crippen molar-refractivity contribution in [3.8, 4) is 0 Å². The molecule has 0 saturated heterocycles. The monoisotopic (exact) mass is 1480 g/mol. The highest BCUT2D eigenvalue weighted by molar-refractivity contribution is 5.43. The minimum absolute atomic E-state index is 0.0138. The van der Waals surface area contributed by atoms with E-state index in [1.807, 2.05) is 52.0 Å². The van der Waals surface area contributed by atoms with Crippen LogP contribution in [0.1, 0.15) is 291 Å². The predicted molar refractivity (Wildman–Crippen MR) is 461 cm³/mol. The summed E-state index contributed by atoms with van der Waals surface area (Å²) in [6, 6.07) is 38.7. The molecule has 0 amide bonds. The second kappa shape index (κ2) is 40.9. The SMILES string of the molecule is Cc1cc(C(C)(C)C)cc(C)c1C.Cc1cc(C(C)C)cc(C)c1C.Cc1cc(C)c(C)c(C)c1.Cc1cc(CC(C)(C)C(F)(F)F)cc(C)c1C.Cc1cc(CC(C)(C)C)cc(C)c1C.Cc1cc(CC(C)C)cc(C)c1C.Cc1ccc(CC(C)(C)C(F)(F)F)cc1C(C)(C)C.Cc1cccc(C)c1C. The van der Waals surface area contributed by atoms with Crippen molar-refractivity contribution in [1.29, 1.82) is 0 Å². The smallest absolute Gasteiger partial charge is 0.171 e. The van der Waals surface area contributed by atoms with Gasteiger partial charge >= 0.3 is 12.4 Å². The Bertz CT molecular complexity index is 3980. The van der Waals surface area contributed by atoms with Gasteiger partial charge in [0.05, 0.1) is 10.8 Å². The lowest BCUT2D eigenvalue weighted by Crippen LogP contribution is -2.34. The first kappa shape index (κ1) is 98.3. The minimum atomic E-state index is -4.18. The molecule has 0 heterocycles. The topological polar surface area (TPSA) is 0 Å². The standard InChI is InChI=1S/C16H23F3.C14H19F3.C14H22.2C13H20.C12H18.C10H14.C9H12/c1-11-7-8-12(9-13(11)14(2,3)4)10-15(5,6)16(17,18)19;1-9-6-12(7-10(2)11(9)3)8-13(4,5)14(15,16)17;1-10-7-13(9-14(4,5)6)8-11(2)12(10)3;1-9-7-12(13(4,5)6)8-10(2)11(9)3;1-9(2)6-13-7-10(3)12(5)11(4)8-13;1-8(2)12-6-9(3)11(5)10(4)7-12;1-7-5-8(2)10(4)9(3)6-7;1-7-5-4-6-8(2)9(7)3/h7-9H,10H2,1-6H3;6-7H,8H2,1-5H3;7-8H,9H2,1-6H3;7-8H,1-6H3;7-9H,6H2,1-5H3;6-8H,1-5H3;5-6H,1-4H3;4-6H,1-3H3. The van der Waals surface area contributed by atoms with Crippen LogP contribution in [0.15, 0.2) is 109 Å². The van der Waals surface area contributed by atoms with Gasteiger partial charge in [0.25, 0.3) is 0 Å². The average Bonchev–Trinajstić information content (AvgIpc) is 0.817. The molecule has 0 saturated carbocycles. The van der Waals surface area contributed by atoms with Crippen molar-refractivity contribution in [3.05, 3.63) is 276 Å². The molecule has 0 aliphatic rings. The normalized spacial score (nSPS) is 11.8. The molecule has 0 nitrogen and oxygen atoms in total. The van der Waals surface area contributed by atoms with E-state index in [0.717, 1.165) is 51.3 Å². The lowest BCUT2D eigenvalue weighted by atomic mass is 9.80. The van der Waals surface area contributed by atoms with Crippen LogP contribution < -0.4 is 0 Å². The summed E-state index contributed by atoms with van der Waals surface area (Å²) in [6.45, 7) is 83.2. The van der Waals surface area contributed by atoms with E-state index in [0.29, 0.717) is 11.3 Å². The van der Waals surface area contributed by atoms with Crippen LogP contribution in [0, 0.1) is 181 Å². The fourth-order valence-corrected chi connectivity index (χ4v) is 12.6. The summed E-state index contributed by atoms with van der Waals surface area (Å²) in [4.78, 5) is 0. The molecule has 0 bridgehead atoms. The minimum Gasteiger partial charge on any atom is -0.171 e. The zero-order chi connectivity index (χ0) is 83.5. The second-order valence-electron chi connectivity index (χ2n) is 36.9. The maximum absolute atomic E-state index is 12.9. The van der Waals surface area contributed by atoms with E-state index in [1.165, 1.54) is 162 Å². The zero-order valence-electron chi connectivity index (χ0n) is 75.1.